The van der Waals surface area contributed by atoms with Crippen LogP contribution in [0.5, 0.6) is 6.01 Å². The molecule has 2 saturated heterocycles. The summed E-state index contributed by atoms with van der Waals surface area (Å²) in [6.45, 7) is 4.29. The average Bonchev–Trinajstić information content (AvgIpc) is 3.82. The van der Waals surface area contributed by atoms with Crippen molar-refractivity contribution in [3.63, 3.8) is 0 Å². The average molecular weight is 651 g/mol. The van der Waals surface area contributed by atoms with E-state index in [1.54, 1.807) is 11.0 Å². The summed E-state index contributed by atoms with van der Waals surface area (Å²) in [6, 6.07) is 16.9. The van der Waals surface area contributed by atoms with Crippen molar-refractivity contribution in [1.82, 2.24) is 19.8 Å². The Morgan fingerprint density at radius 3 is 2.62 bits per heavy atom. The molecular formula is C36H39ClN8O2. The molecule has 4 aliphatic rings. The molecule has 242 valence electrons. The number of nitriles is 2. The number of anilines is 2. The summed E-state index contributed by atoms with van der Waals surface area (Å²) >= 11 is 6.72. The zero-order chi connectivity index (χ0) is 32.5. The maximum absolute atomic E-state index is 13.5. The minimum absolute atomic E-state index is 0.171. The van der Waals surface area contributed by atoms with Crippen molar-refractivity contribution in [1.29, 1.82) is 10.5 Å². The van der Waals surface area contributed by atoms with Gasteiger partial charge in [0.15, 0.2) is 0 Å². The van der Waals surface area contributed by atoms with E-state index in [2.05, 4.69) is 58.2 Å². The largest absolute Gasteiger partial charge is 0.462 e. The molecule has 4 heterocycles. The predicted molar refractivity (Wildman–Crippen MR) is 181 cm³/mol. The van der Waals surface area contributed by atoms with Crippen LogP contribution < -0.4 is 14.5 Å². The molecule has 0 radical (unpaired) electrons. The van der Waals surface area contributed by atoms with E-state index in [-0.39, 0.29) is 23.9 Å². The lowest BCUT2D eigenvalue weighted by Crippen LogP contribution is -2.56. The number of carbonyl (C=O) groups excluding carboxylic acids is 1. The van der Waals surface area contributed by atoms with Crippen LogP contribution in [0.2, 0.25) is 5.02 Å². The zero-order valence-corrected chi connectivity index (χ0v) is 27.5. The fraction of sp³-hybridized carbons (Fsp3) is 0.472. The van der Waals surface area contributed by atoms with Crippen molar-refractivity contribution in [2.45, 2.75) is 57.2 Å². The summed E-state index contributed by atoms with van der Waals surface area (Å²) in [5, 5.41) is 22.3. The van der Waals surface area contributed by atoms with E-state index in [9.17, 15) is 15.3 Å². The van der Waals surface area contributed by atoms with Gasteiger partial charge in [0, 0.05) is 48.9 Å². The number of likely N-dealkylation sites (tertiary alicyclic amines) is 1. The molecule has 0 N–H and O–H groups in total. The quantitative estimate of drug-likeness (QED) is 0.242. The first kappa shape index (κ1) is 31.2. The summed E-state index contributed by atoms with van der Waals surface area (Å²) in [4.78, 5) is 32.0. The van der Waals surface area contributed by atoms with Gasteiger partial charge in [-0.15, -0.1) is 0 Å². The summed E-state index contributed by atoms with van der Waals surface area (Å²) in [7, 11) is 2.13. The highest BCUT2D eigenvalue weighted by Crippen LogP contribution is 2.38. The molecule has 3 fully saturated rings. The molecule has 10 nitrogen and oxygen atoms in total. The molecule has 0 bridgehead atoms. The zero-order valence-electron chi connectivity index (χ0n) is 26.7. The van der Waals surface area contributed by atoms with Crippen LogP contribution in [0.3, 0.4) is 0 Å². The van der Waals surface area contributed by atoms with E-state index in [1.165, 1.54) is 0 Å². The van der Waals surface area contributed by atoms with Crippen LogP contribution in [0.1, 0.15) is 43.4 Å². The molecule has 2 atom stereocenters. The molecule has 11 heteroatoms. The van der Waals surface area contributed by atoms with E-state index in [0.717, 1.165) is 83.8 Å². The number of halogens is 1. The van der Waals surface area contributed by atoms with Crippen molar-refractivity contribution in [3.05, 3.63) is 64.3 Å². The number of allylic oxidation sites excluding steroid dienone is 1. The number of rotatable bonds is 8. The number of amides is 1. The molecule has 7 rings (SSSR count). The molecule has 1 amide bonds. The predicted octanol–water partition coefficient (Wildman–Crippen LogP) is 5.11. The summed E-state index contributed by atoms with van der Waals surface area (Å²) in [5.41, 5.74) is 3.24. The lowest BCUT2D eigenvalue weighted by molar-refractivity contribution is -0.129. The van der Waals surface area contributed by atoms with Gasteiger partial charge in [0.25, 0.3) is 5.91 Å². The van der Waals surface area contributed by atoms with Crippen LogP contribution in [-0.4, -0.2) is 84.1 Å². The highest BCUT2D eigenvalue weighted by molar-refractivity contribution is 6.36. The maximum Gasteiger partial charge on any atom is 0.318 e. The second-order valence-electron chi connectivity index (χ2n) is 13.1. The van der Waals surface area contributed by atoms with Crippen molar-refractivity contribution >= 4 is 39.8 Å². The Labute approximate surface area is 280 Å². The van der Waals surface area contributed by atoms with E-state index in [4.69, 9.17) is 26.3 Å². The molecule has 0 spiro atoms. The van der Waals surface area contributed by atoms with Crippen LogP contribution in [-0.2, 0) is 17.8 Å². The molecule has 1 aliphatic carbocycles. The van der Waals surface area contributed by atoms with Crippen LogP contribution in [0, 0.1) is 28.6 Å². The lowest BCUT2D eigenvalue weighted by Gasteiger charge is -2.42. The number of likely N-dealkylation sites (N-methyl/N-ethyl adjacent to an activating group) is 1. The highest BCUT2D eigenvalue weighted by Gasteiger charge is 2.36. The Morgan fingerprint density at radius 1 is 1.04 bits per heavy atom. The normalized spacial score (nSPS) is 21.8. The van der Waals surface area contributed by atoms with Gasteiger partial charge in [0.1, 0.15) is 24.1 Å². The van der Waals surface area contributed by atoms with Crippen LogP contribution >= 0.6 is 11.6 Å². The lowest BCUT2D eigenvalue weighted by atomic mass is 10.0. The smallest absolute Gasteiger partial charge is 0.318 e. The number of aromatic nitrogens is 2. The molecule has 0 unspecified atom stereocenters. The minimum Gasteiger partial charge on any atom is -0.462 e. The molecule has 3 aromatic rings. The second kappa shape index (κ2) is 13.4. The number of hydrogen-bond acceptors (Lipinski definition) is 9. The minimum atomic E-state index is -0.364. The second-order valence-corrected chi connectivity index (χ2v) is 13.5. The van der Waals surface area contributed by atoms with Gasteiger partial charge in [-0.1, -0.05) is 41.9 Å². The Bertz CT molecular complexity index is 1790. The number of hydrogen-bond donors (Lipinski definition) is 0. The third-order valence-electron chi connectivity index (χ3n) is 10.0. The van der Waals surface area contributed by atoms with E-state index < -0.39 is 0 Å². The van der Waals surface area contributed by atoms with E-state index in [1.807, 2.05) is 12.1 Å². The molecule has 1 aromatic heterocycles. The van der Waals surface area contributed by atoms with Gasteiger partial charge >= 0.3 is 6.01 Å². The van der Waals surface area contributed by atoms with E-state index in [0.29, 0.717) is 50.8 Å². The Morgan fingerprint density at radius 2 is 1.87 bits per heavy atom. The van der Waals surface area contributed by atoms with Crippen molar-refractivity contribution in [3.8, 4) is 18.1 Å². The molecule has 3 aliphatic heterocycles. The van der Waals surface area contributed by atoms with Crippen molar-refractivity contribution in [2.75, 3.05) is 56.2 Å². The third kappa shape index (κ3) is 6.45. The van der Waals surface area contributed by atoms with Gasteiger partial charge in [-0.3, -0.25) is 4.79 Å². The number of benzene rings is 2. The number of ether oxygens (including phenoxy) is 1. The molecule has 2 aromatic carbocycles. The van der Waals surface area contributed by atoms with Crippen molar-refractivity contribution < 1.29 is 9.53 Å². The van der Waals surface area contributed by atoms with Gasteiger partial charge in [0.05, 0.1) is 35.8 Å². The Hall–Kier alpha value is -4.38. The maximum atomic E-state index is 13.5. The number of fused-ring (bicyclic) bond motifs is 2. The third-order valence-corrected chi connectivity index (χ3v) is 10.3. The standard InChI is InChI=1S/C36H39ClN8O2/c1-42-15-4-7-28(42)23-47-36-40-31-22-43(32-9-3-6-25-5-2-8-30(37)33(25)32)16-13-29(31)34(41-36)44-17-18-45(27(21-44)12-14-38)35(46)26(20-39)19-24-10-11-24/h2-3,5-6,8-9,19,24,27-28H,4,7,10-13,15-18,21-23H2,1H3/t27-,28-/m0/s1. The topological polar surface area (TPSA) is 113 Å². The summed E-state index contributed by atoms with van der Waals surface area (Å²) in [5.74, 6) is 0.839. The first-order valence-electron chi connectivity index (χ1n) is 16.6. The van der Waals surface area contributed by atoms with Crippen LogP contribution in [0.25, 0.3) is 10.8 Å². The van der Waals surface area contributed by atoms with Gasteiger partial charge in [0.2, 0.25) is 0 Å². The Kier molecular flexibility index (Phi) is 8.90. The SMILES string of the molecule is CN1CCC[C@H]1COc1nc2c(c(N3CCN(C(=O)C(C#N)=CC4CC4)[C@@H](CC#N)C3)n1)CCN(c1cccc3cccc(Cl)c13)C2. The van der Waals surface area contributed by atoms with Gasteiger partial charge in [-0.05, 0) is 69.1 Å². The molecule has 47 heavy (non-hydrogen) atoms. The van der Waals surface area contributed by atoms with E-state index >= 15 is 0 Å². The highest BCUT2D eigenvalue weighted by atomic mass is 35.5. The fourth-order valence-corrected chi connectivity index (χ4v) is 7.50. The van der Waals surface area contributed by atoms with Crippen molar-refractivity contribution in [2.24, 2.45) is 5.92 Å². The van der Waals surface area contributed by atoms with Gasteiger partial charge in [-0.25, -0.2) is 0 Å². The van der Waals surface area contributed by atoms with Crippen LogP contribution in [0.15, 0.2) is 48.0 Å². The number of piperazine rings is 1. The number of nitrogens with zero attached hydrogens (tertiary/aromatic N) is 8. The van der Waals surface area contributed by atoms with Crippen LogP contribution in [0.4, 0.5) is 11.5 Å². The fourth-order valence-electron chi connectivity index (χ4n) is 7.23. The molecular weight excluding hydrogens is 612 g/mol. The van der Waals surface area contributed by atoms with Gasteiger partial charge < -0.3 is 24.3 Å². The number of carbonyl (C=O) groups is 1. The monoisotopic (exact) mass is 650 g/mol. The first-order chi connectivity index (χ1) is 22.9. The molecule has 1 saturated carbocycles. The summed E-state index contributed by atoms with van der Waals surface area (Å²) in [6.07, 6.45) is 6.95. The first-order valence-corrected chi connectivity index (χ1v) is 17.0. The Balaban J connectivity index is 1.20. The summed E-state index contributed by atoms with van der Waals surface area (Å²) < 4.78 is 6.32. The van der Waals surface area contributed by atoms with Gasteiger partial charge in [-0.2, -0.15) is 20.5 Å².